The molecule has 9 heteroatoms. The molecule has 30 heavy (non-hydrogen) atoms. The van der Waals surface area contributed by atoms with Crippen molar-refractivity contribution in [3.63, 3.8) is 0 Å². The lowest BCUT2D eigenvalue weighted by molar-refractivity contribution is -0.118. The van der Waals surface area contributed by atoms with Crippen molar-refractivity contribution in [1.29, 1.82) is 0 Å². The minimum absolute atomic E-state index is 0.176. The van der Waals surface area contributed by atoms with Crippen molar-refractivity contribution >= 4 is 27.5 Å². The van der Waals surface area contributed by atoms with E-state index in [0.29, 0.717) is 24.3 Å². The second-order valence-corrected chi connectivity index (χ2v) is 9.05. The van der Waals surface area contributed by atoms with Crippen LogP contribution < -0.4 is 15.8 Å². The van der Waals surface area contributed by atoms with Gasteiger partial charge in [-0.2, -0.15) is 4.31 Å². The number of hydrogen-bond acceptors (Lipinski definition) is 5. The number of amides is 2. The van der Waals surface area contributed by atoms with E-state index in [2.05, 4.69) is 5.32 Å². The van der Waals surface area contributed by atoms with Crippen LogP contribution in [0, 0.1) is 6.92 Å². The van der Waals surface area contributed by atoms with Gasteiger partial charge in [0.25, 0.3) is 11.8 Å². The topological polar surface area (TPSA) is 119 Å². The van der Waals surface area contributed by atoms with Crippen LogP contribution in [0.2, 0.25) is 0 Å². The molecule has 3 N–H and O–H groups in total. The van der Waals surface area contributed by atoms with Gasteiger partial charge in [-0.25, -0.2) is 8.42 Å². The van der Waals surface area contributed by atoms with E-state index in [-0.39, 0.29) is 22.8 Å². The molecule has 2 amide bonds. The minimum atomic E-state index is -3.62. The highest BCUT2D eigenvalue weighted by Gasteiger charge is 2.27. The van der Waals surface area contributed by atoms with Crippen LogP contribution in [0.25, 0.3) is 0 Å². The number of ether oxygens (including phenoxy) is 1. The van der Waals surface area contributed by atoms with Crippen LogP contribution >= 0.6 is 0 Å². The first-order valence-electron chi connectivity index (χ1n) is 9.71. The van der Waals surface area contributed by atoms with Crippen molar-refractivity contribution in [1.82, 2.24) is 4.31 Å². The van der Waals surface area contributed by atoms with E-state index in [1.807, 2.05) is 0 Å². The van der Waals surface area contributed by atoms with E-state index < -0.39 is 21.8 Å². The molecule has 0 unspecified atom stereocenters. The predicted molar refractivity (Wildman–Crippen MR) is 113 cm³/mol. The fraction of sp³-hybridized carbons (Fsp3) is 0.333. The number of primary amides is 1. The molecular formula is C21H25N3O5S. The number of para-hydroxylation sites is 1. The van der Waals surface area contributed by atoms with Gasteiger partial charge in [-0.3, -0.25) is 9.59 Å². The third-order valence-corrected chi connectivity index (χ3v) is 6.96. The lowest BCUT2D eigenvalue weighted by atomic mass is 10.2. The lowest BCUT2D eigenvalue weighted by Gasteiger charge is -2.26. The largest absolute Gasteiger partial charge is 0.483 e. The zero-order valence-electron chi connectivity index (χ0n) is 16.8. The molecule has 3 rings (SSSR count). The third kappa shape index (κ3) is 4.98. The molecule has 8 nitrogen and oxygen atoms in total. The summed E-state index contributed by atoms with van der Waals surface area (Å²) >= 11 is 0. The van der Waals surface area contributed by atoms with Crippen LogP contribution in [0.1, 0.15) is 35.2 Å². The zero-order valence-corrected chi connectivity index (χ0v) is 17.6. The van der Waals surface area contributed by atoms with Gasteiger partial charge in [0.1, 0.15) is 5.75 Å². The molecule has 0 aromatic heterocycles. The number of rotatable bonds is 7. The van der Waals surface area contributed by atoms with Gasteiger partial charge < -0.3 is 15.8 Å². The number of carbonyl (C=O) groups excluding carboxylic acids is 2. The Morgan fingerprint density at radius 2 is 1.80 bits per heavy atom. The Morgan fingerprint density at radius 1 is 1.10 bits per heavy atom. The SMILES string of the molecule is Cc1ccc(NC(=O)COc2ccccc2C(N)=O)cc1S(=O)(=O)N1CCCCC1. The van der Waals surface area contributed by atoms with Crippen molar-refractivity contribution in [2.75, 3.05) is 25.0 Å². The zero-order chi connectivity index (χ0) is 21.7. The summed E-state index contributed by atoms with van der Waals surface area (Å²) in [6.07, 6.45) is 2.72. The molecule has 1 aliphatic heterocycles. The highest BCUT2D eigenvalue weighted by atomic mass is 32.2. The lowest BCUT2D eigenvalue weighted by Crippen LogP contribution is -2.36. The van der Waals surface area contributed by atoms with Gasteiger partial charge in [0.15, 0.2) is 6.61 Å². The normalized spacial score (nSPS) is 14.8. The average molecular weight is 432 g/mol. The summed E-state index contributed by atoms with van der Waals surface area (Å²) in [7, 11) is -3.62. The van der Waals surface area contributed by atoms with E-state index in [9.17, 15) is 18.0 Å². The Hall–Kier alpha value is -2.91. The second-order valence-electron chi connectivity index (χ2n) is 7.14. The molecule has 1 saturated heterocycles. The second kappa shape index (κ2) is 9.27. The predicted octanol–water partition coefficient (Wildman–Crippen LogP) is 2.29. The van der Waals surface area contributed by atoms with E-state index in [0.717, 1.165) is 19.3 Å². The van der Waals surface area contributed by atoms with E-state index in [4.69, 9.17) is 10.5 Å². The summed E-state index contributed by atoms with van der Waals surface area (Å²) < 4.78 is 32.9. The maximum Gasteiger partial charge on any atom is 0.262 e. The van der Waals surface area contributed by atoms with Crippen molar-refractivity contribution < 1.29 is 22.7 Å². The van der Waals surface area contributed by atoms with Gasteiger partial charge in [0, 0.05) is 18.8 Å². The van der Waals surface area contributed by atoms with Gasteiger partial charge in [-0.05, 0) is 49.6 Å². The number of aryl methyl sites for hydroxylation is 1. The van der Waals surface area contributed by atoms with Crippen molar-refractivity contribution in [2.24, 2.45) is 5.73 Å². The van der Waals surface area contributed by atoms with Gasteiger partial charge in [0.05, 0.1) is 10.5 Å². The van der Waals surface area contributed by atoms with Crippen LogP contribution in [0.5, 0.6) is 5.75 Å². The number of nitrogens with two attached hydrogens (primary N) is 1. The standard InChI is InChI=1S/C21H25N3O5S/c1-15-9-10-16(13-19(15)30(27,28)24-11-5-2-6-12-24)23-20(25)14-29-18-8-4-3-7-17(18)21(22)26/h3-4,7-10,13H,2,5-6,11-12,14H2,1H3,(H2,22,26)(H,23,25). The highest BCUT2D eigenvalue weighted by Crippen LogP contribution is 2.26. The maximum atomic E-state index is 13.0. The summed E-state index contributed by atoms with van der Waals surface area (Å²) in [5, 5.41) is 2.64. The molecule has 1 fully saturated rings. The number of piperidine rings is 1. The molecule has 2 aromatic carbocycles. The molecule has 2 aromatic rings. The Labute approximate surface area is 176 Å². The van der Waals surface area contributed by atoms with Gasteiger partial charge in [0.2, 0.25) is 10.0 Å². The summed E-state index contributed by atoms with van der Waals surface area (Å²) in [4.78, 5) is 23.9. The van der Waals surface area contributed by atoms with Crippen molar-refractivity contribution in [2.45, 2.75) is 31.1 Å². The maximum absolute atomic E-state index is 13.0. The first-order valence-corrected chi connectivity index (χ1v) is 11.2. The first kappa shape index (κ1) is 21.8. The molecular weight excluding hydrogens is 406 g/mol. The van der Waals surface area contributed by atoms with Crippen molar-refractivity contribution in [3.05, 3.63) is 53.6 Å². The van der Waals surface area contributed by atoms with E-state index in [1.165, 1.54) is 16.4 Å². The van der Waals surface area contributed by atoms with Crippen molar-refractivity contribution in [3.8, 4) is 5.75 Å². The number of carbonyl (C=O) groups is 2. The monoisotopic (exact) mass is 431 g/mol. The number of anilines is 1. The quantitative estimate of drug-likeness (QED) is 0.697. The molecule has 0 radical (unpaired) electrons. The number of nitrogens with zero attached hydrogens (tertiary/aromatic N) is 1. The Kier molecular flexibility index (Phi) is 6.73. The third-order valence-electron chi connectivity index (χ3n) is 4.92. The van der Waals surface area contributed by atoms with Gasteiger partial charge >= 0.3 is 0 Å². The molecule has 0 atom stereocenters. The van der Waals surface area contributed by atoms with Crippen LogP contribution in [0.15, 0.2) is 47.4 Å². The molecule has 0 spiro atoms. The fourth-order valence-electron chi connectivity index (χ4n) is 3.34. The average Bonchev–Trinajstić information content (AvgIpc) is 2.74. The number of benzene rings is 2. The van der Waals surface area contributed by atoms with Crippen LogP contribution in [0.3, 0.4) is 0 Å². The van der Waals surface area contributed by atoms with Crippen LogP contribution in [0.4, 0.5) is 5.69 Å². The summed E-state index contributed by atoms with van der Waals surface area (Å²) in [6, 6.07) is 11.1. The van der Waals surface area contributed by atoms with Gasteiger partial charge in [-0.15, -0.1) is 0 Å². The number of nitrogens with one attached hydrogen (secondary N) is 1. The fourth-order valence-corrected chi connectivity index (χ4v) is 5.10. The number of hydrogen-bond donors (Lipinski definition) is 2. The number of sulfonamides is 1. The summed E-state index contributed by atoms with van der Waals surface area (Å²) in [6.45, 7) is 2.38. The smallest absolute Gasteiger partial charge is 0.262 e. The molecule has 1 aliphatic rings. The van der Waals surface area contributed by atoms with Crippen LogP contribution in [-0.4, -0.2) is 44.2 Å². The summed E-state index contributed by atoms with van der Waals surface area (Å²) in [5.41, 5.74) is 6.44. The van der Waals surface area contributed by atoms with E-state index >= 15 is 0 Å². The van der Waals surface area contributed by atoms with Crippen LogP contribution in [-0.2, 0) is 14.8 Å². The molecule has 1 heterocycles. The Morgan fingerprint density at radius 3 is 2.50 bits per heavy atom. The van der Waals surface area contributed by atoms with E-state index in [1.54, 1.807) is 37.3 Å². The first-order chi connectivity index (χ1) is 14.3. The minimum Gasteiger partial charge on any atom is -0.483 e. The molecule has 0 aliphatic carbocycles. The molecule has 0 bridgehead atoms. The molecule has 0 saturated carbocycles. The highest BCUT2D eigenvalue weighted by molar-refractivity contribution is 7.89. The molecule has 160 valence electrons. The Bertz CT molecular complexity index is 1050. The summed E-state index contributed by atoms with van der Waals surface area (Å²) in [5.74, 6) is -0.936. The Balaban J connectivity index is 1.71. The van der Waals surface area contributed by atoms with Gasteiger partial charge in [-0.1, -0.05) is 24.6 Å².